The molecule has 0 saturated heterocycles. The topological polar surface area (TPSA) is 40.5 Å². The maximum Gasteiger partial charge on any atom is 0.0860 e. The first-order valence-electron chi connectivity index (χ1n) is 6.63. The number of fused-ring (bicyclic) bond motifs is 1. The van der Waals surface area contributed by atoms with Gasteiger partial charge in [-0.15, -0.1) is 0 Å². The summed E-state index contributed by atoms with van der Waals surface area (Å²) >= 11 is 0. The van der Waals surface area contributed by atoms with Crippen LogP contribution in [0.1, 0.15) is 40.0 Å². The SMILES string of the molecule is C=C1CC[C@@H](C(C)C)C=C2[C@H]1[C@H](O)C[C@]2(C)O. The molecule has 2 aliphatic rings. The van der Waals surface area contributed by atoms with E-state index in [2.05, 4.69) is 26.5 Å². The molecular weight excluding hydrogens is 212 g/mol. The summed E-state index contributed by atoms with van der Waals surface area (Å²) in [5.74, 6) is 1.04. The molecule has 0 aromatic heterocycles. The number of aliphatic hydroxyl groups is 2. The van der Waals surface area contributed by atoms with Crippen molar-refractivity contribution in [3.8, 4) is 0 Å². The van der Waals surface area contributed by atoms with Crippen LogP contribution in [0.5, 0.6) is 0 Å². The van der Waals surface area contributed by atoms with Crippen LogP contribution in [-0.2, 0) is 0 Å². The Balaban J connectivity index is 2.41. The van der Waals surface area contributed by atoms with Crippen molar-refractivity contribution in [2.24, 2.45) is 17.8 Å². The summed E-state index contributed by atoms with van der Waals surface area (Å²) in [6, 6.07) is 0. The van der Waals surface area contributed by atoms with Crippen LogP contribution < -0.4 is 0 Å². The molecule has 0 aromatic rings. The van der Waals surface area contributed by atoms with E-state index in [0.29, 0.717) is 18.3 Å². The van der Waals surface area contributed by atoms with E-state index in [4.69, 9.17) is 0 Å². The Hall–Kier alpha value is -0.600. The monoisotopic (exact) mass is 236 g/mol. The molecule has 1 saturated carbocycles. The lowest BCUT2D eigenvalue weighted by Gasteiger charge is -2.23. The molecule has 0 radical (unpaired) electrons. The summed E-state index contributed by atoms with van der Waals surface area (Å²) in [5, 5.41) is 20.6. The molecule has 2 aliphatic carbocycles. The van der Waals surface area contributed by atoms with Crippen molar-refractivity contribution >= 4 is 0 Å². The van der Waals surface area contributed by atoms with Crippen LogP contribution in [0.4, 0.5) is 0 Å². The van der Waals surface area contributed by atoms with Crippen LogP contribution in [0.15, 0.2) is 23.8 Å². The second kappa shape index (κ2) is 4.25. The third kappa shape index (κ3) is 2.21. The standard InChI is InChI=1S/C15H24O2/c1-9(2)11-6-5-10(3)14-12(7-11)15(4,17)8-13(14)16/h7,9,11,13-14,16-17H,3,5-6,8H2,1-2,4H3/t11-,13-,14+,15+/m1/s1. The van der Waals surface area contributed by atoms with E-state index in [9.17, 15) is 10.2 Å². The van der Waals surface area contributed by atoms with E-state index in [-0.39, 0.29) is 5.92 Å². The largest absolute Gasteiger partial charge is 0.392 e. The van der Waals surface area contributed by atoms with E-state index in [1.807, 2.05) is 6.92 Å². The number of rotatable bonds is 1. The van der Waals surface area contributed by atoms with Gasteiger partial charge >= 0.3 is 0 Å². The highest BCUT2D eigenvalue weighted by Gasteiger charge is 2.46. The lowest BCUT2D eigenvalue weighted by Crippen LogP contribution is -2.23. The normalized spacial score (nSPS) is 42.4. The average molecular weight is 236 g/mol. The Kier molecular flexibility index (Phi) is 3.21. The number of hydrogen-bond donors (Lipinski definition) is 2. The zero-order valence-corrected chi connectivity index (χ0v) is 11.1. The Morgan fingerprint density at radius 3 is 2.71 bits per heavy atom. The fraction of sp³-hybridized carbons (Fsp3) is 0.733. The smallest absolute Gasteiger partial charge is 0.0860 e. The molecule has 0 heterocycles. The van der Waals surface area contributed by atoms with Gasteiger partial charge in [-0.3, -0.25) is 0 Å². The summed E-state index contributed by atoms with van der Waals surface area (Å²) in [6.45, 7) is 10.4. The molecule has 0 amide bonds. The predicted molar refractivity (Wildman–Crippen MR) is 69.5 cm³/mol. The third-order valence-corrected chi connectivity index (χ3v) is 4.44. The molecule has 0 aromatic carbocycles. The van der Waals surface area contributed by atoms with E-state index >= 15 is 0 Å². The minimum Gasteiger partial charge on any atom is -0.392 e. The van der Waals surface area contributed by atoms with Crippen LogP contribution in [-0.4, -0.2) is 21.9 Å². The summed E-state index contributed by atoms with van der Waals surface area (Å²) in [4.78, 5) is 0. The Labute approximate surface area is 104 Å². The van der Waals surface area contributed by atoms with Gasteiger partial charge in [0.25, 0.3) is 0 Å². The van der Waals surface area contributed by atoms with Crippen molar-refractivity contribution in [1.29, 1.82) is 0 Å². The number of allylic oxidation sites excluding steroid dienone is 1. The first-order valence-corrected chi connectivity index (χ1v) is 6.63. The van der Waals surface area contributed by atoms with Gasteiger partial charge in [0.2, 0.25) is 0 Å². The summed E-state index contributed by atoms with van der Waals surface area (Å²) in [7, 11) is 0. The maximum absolute atomic E-state index is 10.4. The summed E-state index contributed by atoms with van der Waals surface area (Å²) in [5.41, 5.74) is 1.24. The molecule has 2 N–H and O–H groups in total. The van der Waals surface area contributed by atoms with Crippen LogP contribution in [0.3, 0.4) is 0 Å². The average Bonchev–Trinajstić information content (AvgIpc) is 2.34. The van der Waals surface area contributed by atoms with E-state index < -0.39 is 11.7 Å². The molecule has 0 spiro atoms. The Morgan fingerprint density at radius 2 is 2.12 bits per heavy atom. The molecule has 2 rings (SSSR count). The minimum atomic E-state index is -0.857. The molecule has 0 unspecified atom stereocenters. The van der Waals surface area contributed by atoms with Crippen molar-refractivity contribution in [2.45, 2.75) is 51.7 Å². The number of aliphatic hydroxyl groups excluding tert-OH is 1. The Morgan fingerprint density at radius 1 is 1.47 bits per heavy atom. The Bertz CT molecular complexity index is 352. The van der Waals surface area contributed by atoms with E-state index in [1.54, 1.807) is 0 Å². The molecule has 96 valence electrons. The quantitative estimate of drug-likeness (QED) is 0.687. The highest BCUT2D eigenvalue weighted by Crippen LogP contribution is 2.47. The zero-order chi connectivity index (χ0) is 12.8. The third-order valence-electron chi connectivity index (χ3n) is 4.44. The molecule has 0 aliphatic heterocycles. The highest BCUT2D eigenvalue weighted by atomic mass is 16.3. The second-order valence-corrected chi connectivity index (χ2v) is 6.25. The molecule has 4 atom stereocenters. The lowest BCUT2D eigenvalue weighted by molar-refractivity contribution is 0.0692. The first kappa shape index (κ1) is 12.8. The maximum atomic E-state index is 10.4. The van der Waals surface area contributed by atoms with Gasteiger partial charge in [0.05, 0.1) is 11.7 Å². The van der Waals surface area contributed by atoms with Gasteiger partial charge in [-0.05, 0) is 37.2 Å². The van der Waals surface area contributed by atoms with Gasteiger partial charge in [-0.2, -0.15) is 0 Å². The molecule has 17 heavy (non-hydrogen) atoms. The van der Waals surface area contributed by atoms with Gasteiger partial charge < -0.3 is 10.2 Å². The van der Waals surface area contributed by atoms with Gasteiger partial charge in [0, 0.05) is 12.3 Å². The second-order valence-electron chi connectivity index (χ2n) is 6.25. The van der Waals surface area contributed by atoms with Crippen LogP contribution in [0, 0.1) is 17.8 Å². The van der Waals surface area contributed by atoms with E-state index in [0.717, 1.165) is 24.0 Å². The van der Waals surface area contributed by atoms with Gasteiger partial charge in [-0.25, -0.2) is 0 Å². The van der Waals surface area contributed by atoms with Crippen molar-refractivity contribution in [2.75, 3.05) is 0 Å². The fourth-order valence-electron chi connectivity index (χ4n) is 3.31. The molecule has 2 nitrogen and oxygen atoms in total. The molecule has 1 fully saturated rings. The van der Waals surface area contributed by atoms with Gasteiger partial charge in [0.1, 0.15) is 0 Å². The number of hydrogen-bond acceptors (Lipinski definition) is 2. The lowest BCUT2D eigenvalue weighted by atomic mass is 9.87. The summed E-state index contributed by atoms with van der Waals surface area (Å²) < 4.78 is 0. The van der Waals surface area contributed by atoms with Gasteiger partial charge in [-0.1, -0.05) is 32.1 Å². The molecule has 2 heteroatoms. The zero-order valence-electron chi connectivity index (χ0n) is 11.1. The first-order chi connectivity index (χ1) is 7.83. The summed E-state index contributed by atoms with van der Waals surface area (Å²) in [6.07, 6.45) is 4.23. The minimum absolute atomic E-state index is 0.0197. The fourth-order valence-corrected chi connectivity index (χ4v) is 3.31. The van der Waals surface area contributed by atoms with Crippen molar-refractivity contribution in [3.05, 3.63) is 23.8 Å². The molecular formula is C15H24O2. The van der Waals surface area contributed by atoms with Crippen LogP contribution in [0.2, 0.25) is 0 Å². The van der Waals surface area contributed by atoms with Crippen LogP contribution in [0.25, 0.3) is 0 Å². The van der Waals surface area contributed by atoms with Crippen molar-refractivity contribution in [1.82, 2.24) is 0 Å². The van der Waals surface area contributed by atoms with Crippen molar-refractivity contribution < 1.29 is 10.2 Å². The molecule has 0 bridgehead atoms. The highest BCUT2D eigenvalue weighted by molar-refractivity contribution is 5.35. The van der Waals surface area contributed by atoms with Crippen molar-refractivity contribution in [3.63, 3.8) is 0 Å². The van der Waals surface area contributed by atoms with E-state index in [1.165, 1.54) is 0 Å². The predicted octanol–water partition coefficient (Wildman–Crippen LogP) is 2.67. The van der Waals surface area contributed by atoms with Crippen LogP contribution >= 0.6 is 0 Å². The van der Waals surface area contributed by atoms with Gasteiger partial charge in [0.15, 0.2) is 0 Å².